The number of rotatable bonds is 3. The highest BCUT2D eigenvalue weighted by Crippen LogP contribution is 2.31. The van der Waals surface area contributed by atoms with E-state index >= 15 is 0 Å². The van der Waals surface area contributed by atoms with Crippen molar-refractivity contribution in [2.75, 3.05) is 20.1 Å². The molecule has 24 heavy (non-hydrogen) atoms. The highest BCUT2D eigenvalue weighted by molar-refractivity contribution is 7.21. The van der Waals surface area contributed by atoms with Crippen LogP contribution in [0.15, 0.2) is 40.8 Å². The number of para-hydroxylation sites is 1. The van der Waals surface area contributed by atoms with Gasteiger partial charge >= 0.3 is 0 Å². The predicted octanol–water partition coefficient (Wildman–Crippen LogP) is 3.38. The Morgan fingerprint density at radius 1 is 1.25 bits per heavy atom. The summed E-state index contributed by atoms with van der Waals surface area (Å²) >= 11 is 1.57. The van der Waals surface area contributed by atoms with Gasteiger partial charge in [-0.1, -0.05) is 12.1 Å². The standard InChI is InChI=1S/C18H19N3O2S/c1-21(12-8-10-19-11-9-12)18(22)15-7-6-14(23-15)17-20-13-4-2-3-5-16(13)24-17/h2-7,12,19H,8-11H2,1H3. The predicted molar refractivity (Wildman–Crippen MR) is 95.3 cm³/mol. The third-order valence-electron chi connectivity index (χ3n) is 4.50. The number of aromatic nitrogens is 1. The molecule has 1 aliphatic heterocycles. The number of carbonyl (C=O) groups excluding carboxylic acids is 1. The first-order chi connectivity index (χ1) is 11.7. The van der Waals surface area contributed by atoms with Crippen LogP contribution >= 0.6 is 11.3 Å². The van der Waals surface area contributed by atoms with Crippen molar-refractivity contribution in [1.82, 2.24) is 15.2 Å². The molecule has 0 spiro atoms. The third kappa shape index (κ3) is 2.83. The molecule has 0 aliphatic carbocycles. The molecule has 0 bridgehead atoms. The van der Waals surface area contributed by atoms with Gasteiger partial charge in [0.1, 0.15) is 0 Å². The van der Waals surface area contributed by atoms with Gasteiger partial charge in [-0.3, -0.25) is 4.79 Å². The number of nitrogens with one attached hydrogen (secondary N) is 1. The Balaban J connectivity index is 1.56. The summed E-state index contributed by atoms with van der Waals surface area (Å²) in [6.07, 6.45) is 1.96. The quantitative estimate of drug-likeness (QED) is 0.793. The van der Waals surface area contributed by atoms with E-state index in [-0.39, 0.29) is 11.9 Å². The van der Waals surface area contributed by atoms with Crippen molar-refractivity contribution in [3.05, 3.63) is 42.2 Å². The monoisotopic (exact) mass is 341 g/mol. The van der Waals surface area contributed by atoms with E-state index < -0.39 is 0 Å². The molecule has 6 heteroatoms. The Kier molecular flexibility index (Phi) is 4.08. The largest absolute Gasteiger partial charge is 0.448 e. The molecule has 1 amide bonds. The van der Waals surface area contributed by atoms with Crippen LogP contribution < -0.4 is 5.32 Å². The van der Waals surface area contributed by atoms with Gasteiger partial charge in [-0.2, -0.15) is 0 Å². The SMILES string of the molecule is CN(C(=O)c1ccc(-c2nc3ccccc3s2)o1)C1CCNCC1. The zero-order valence-corrected chi connectivity index (χ0v) is 14.3. The van der Waals surface area contributed by atoms with Crippen molar-refractivity contribution in [2.24, 2.45) is 0 Å². The topological polar surface area (TPSA) is 58.4 Å². The van der Waals surface area contributed by atoms with Gasteiger partial charge in [0.05, 0.1) is 10.2 Å². The Morgan fingerprint density at radius 2 is 2.04 bits per heavy atom. The molecule has 1 aromatic carbocycles. The molecule has 3 heterocycles. The number of nitrogens with zero attached hydrogens (tertiary/aromatic N) is 2. The van der Waals surface area contributed by atoms with E-state index in [0.717, 1.165) is 41.2 Å². The van der Waals surface area contributed by atoms with Crippen molar-refractivity contribution in [2.45, 2.75) is 18.9 Å². The normalized spacial score (nSPS) is 15.7. The maximum atomic E-state index is 12.7. The third-order valence-corrected chi connectivity index (χ3v) is 5.55. The van der Waals surface area contributed by atoms with Crippen LogP contribution in [-0.2, 0) is 0 Å². The minimum atomic E-state index is -0.0609. The zero-order chi connectivity index (χ0) is 16.5. The first-order valence-corrected chi connectivity index (χ1v) is 8.97. The number of hydrogen-bond acceptors (Lipinski definition) is 5. The molecule has 1 fully saturated rings. The van der Waals surface area contributed by atoms with Crippen LogP contribution in [0.25, 0.3) is 21.0 Å². The van der Waals surface area contributed by atoms with Crippen LogP contribution in [0.1, 0.15) is 23.4 Å². The highest BCUT2D eigenvalue weighted by Gasteiger charge is 2.25. The lowest BCUT2D eigenvalue weighted by atomic mass is 10.1. The molecular formula is C18H19N3O2S. The molecule has 0 atom stereocenters. The van der Waals surface area contributed by atoms with Gasteiger partial charge < -0.3 is 14.6 Å². The Hall–Kier alpha value is -2.18. The van der Waals surface area contributed by atoms with Crippen LogP contribution in [0.2, 0.25) is 0 Å². The first-order valence-electron chi connectivity index (χ1n) is 8.16. The number of carbonyl (C=O) groups is 1. The van der Waals surface area contributed by atoms with E-state index in [4.69, 9.17) is 4.42 Å². The lowest BCUT2D eigenvalue weighted by Crippen LogP contribution is -2.43. The molecule has 124 valence electrons. The van der Waals surface area contributed by atoms with Crippen molar-refractivity contribution >= 4 is 27.5 Å². The highest BCUT2D eigenvalue weighted by atomic mass is 32.1. The van der Waals surface area contributed by atoms with Crippen LogP contribution in [0.4, 0.5) is 0 Å². The summed E-state index contributed by atoms with van der Waals surface area (Å²) in [7, 11) is 1.86. The first kappa shape index (κ1) is 15.4. The van der Waals surface area contributed by atoms with Crippen molar-refractivity contribution in [3.63, 3.8) is 0 Å². The molecule has 0 saturated carbocycles. The summed E-state index contributed by atoms with van der Waals surface area (Å²) in [4.78, 5) is 19.0. The molecule has 0 unspecified atom stereocenters. The van der Waals surface area contributed by atoms with E-state index in [9.17, 15) is 4.79 Å². The van der Waals surface area contributed by atoms with E-state index in [1.165, 1.54) is 0 Å². The molecular weight excluding hydrogens is 322 g/mol. The van der Waals surface area contributed by atoms with Crippen molar-refractivity contribution < 1.29 is 9.21 Å². The average Bonchev–Trinajstić information content (AvgIpc) is 3.27. The van der Waals surface area contributed by atoms with Gasteiger partial charge in [0.25, 0.3) is 5.91 Å². The second kappa shape index (κ2) is 6.37. The van der Waals surface area contributed by atoms with Gasteiger partial charge in [-0.25, -0.2) is 4.98 Å². The Labute approximate surface area is 144 Å². The molecule has 2 aromatic heterocycles. The van der Waals surface area contributed by atoms with Crippen molar-refractivity contribution in [1.29, 1.82) is 0 Å². The summed E-state index contributed by atoms with van der Waals surface area (Å²) in [5, 5.41) is 4.12. The van der Waals surface area contributed by atoms with Crippen LogP contribution in [0.5, 0.6) is 0 Å². The van der Waals surface area contributed by atoms with E-state index in [0.29, 0.717) is 11.5 Å². The lowest BCUT2D eigenvalue weighted by molar-refractivity contribution is 0.0672. The smallest absolute Gasteiger partial charge is 0.289 e. The van der Waals surface area contributed by atoms with Crippen LogP contribution in [0, 0.1) is 0 Å². The number of thiazole rings is 1. The fourth-order valence-electron chi connectivity index (χ4n) is 3.08. The van der Waals surface area contributed by atoms with E-state index in [1.54, 1.807) is 17.4 Å². The summed E-state index contributed by atoms with van der Waals surface area (Å²) < 4.78 is 6.93. The van der Waals surface area contributed by atoms with Gasteiger partial charge in [-0.05, 0) is 50.2 Å². The second-order valence-electron chi connectivity index (χ2n) is 6.05. The maximum Gasteiger partial charge on any atom is 0.289 e. The summed E-state index contributed by atoms with van der Waals surface area (Å²) in [6, 6.07) is 11.8. The van der Waals surface area contributed by atoms with E-state index in [1.807, 2.05) is 42.3 Å². The Bertz CT molecular complexity index is 831. The lowest BCUT2D eigenvalue weighted by Gasteiger charge is -2.31. The van der Waals surface area contributed by atoms with Gasteiger partial charge in [0.2, 0.25) is 0 Å². The van der Waals surface area contributed by atoms with Gasteiger partial charge in [-0.15, -0.1) is 11.3 Å². The summed E-state index contributed by atoms with van der Waals surface area (Å²) in [5.74, 6) is 0.970. The zero-order valence-electron chi connectivity index (χ0n) is 13.5. The van der Waals surface area contributed by atoms with Gasteiger partial charge in [0, 0.05) is 13.1 Å². The fourth-order valence-corrected chi connectivity index (χ4v) is 4.01. The summed E-state index contributed by atoms with van der Waals surface area (Å²) in [6.45, 7) is 1.91. The molecule has 3 aromatic rings. The Morgan fingerprint density at radius 3 is 2.83 bits per heavy atom. The minimum absolute atomic E-state index is 0.0609. The number of fused-ring (bicyclic) bond motifs is 1. The van der Waals surface area contributed by atoms with Crippen LogP contribution in [0.3, 0.4) is 0 Å². The summed E-state index contributed by atoms with van der Waals surface area (Å²) in [5.41, 5.74) is 0.952. The van der Waals surface area contributed by atoms with Gasteiger partial charge in [0.15, 0.2) is 16.5 Å². The molecule has 0 radical (unpaired) electrons. The molecule has 5 nitrogen and oxygen atoms in total. The molecule has 1 saturated heterocycles. The van der Waals surface area contributed by atoms with Crippen molar-refractivity contribution in [3.8, 4) is 10.8 Å². The number of piperidine rings is 1. The number of benzene rings is 1. The maximum absolute atomic E-state index is 12.7. The fraction of sp³-hybridized carbons (Fsp3) is 0.333. The van der Waals surface area contributed by atoms with E-state index in [2.05, 4.69) is 10.3 Å². The average molecular weight is 341 g/mol. The van der Waals surface area contributed by atoms with Crippen LogP contribution in [-0.4, -0.2) is 42.0 Å². The number of hydrogen-bond donors (Lipinski definition) is 1. The molecule has 1 aliphatic rings. The molecule has 4 rings (SSSR count). The molecule has 1 N–H and O–H groups in total. The number of amides is 1. The second-order valence-corrected chi connectivity index (χ2v) is 7.08. The number of furan rings is 1. The minimum Gasteiger partial charge on any atom is -0.448 e.